The standard InChI is InChI=1S/C24H40ClNO3Si2/c1-22(2,3)30(7,8)28-14-24(15-29-31(9,10)23(4,5)6)19-18-13-16(25)11-12-17(18)21(27)26-20(19)24/h11-13,19-20H,14-15H2,1-10H3,(H,26,27)/t19-,20+/m1/s1. The van der Waals surface area contributed by atoms with Crippen LogP contribution in [0.15, 0.2) is 18.2 Å². The van der Waals surface area contributed by atoms with E-state index in [1.54, 1.807) is 6.07 Å². The molecule has 1 aliphatic heterocycles. The smallest absolute Gasteiger partial charge is 0.251 e. The van der Waals surface area contributed by atoms with E-state index in [-0.39, 0.29) is 33.4 Å². The maximum absolute atomic E-state index is 12.8. The molecule has 1 heterocycles. The summed E-state index contributed by atoms with van der Waals surface area (Å²) in [6.07, 6.45) is 0. The van der Waals surface area contributed by atoms with Gasteiger partial charge in [-0.1, -0.05) is 53.1 Å². The van der Waals surface area contributed by atoms with E-state index in [0.29, 0.717) is 18.2 Å². The highest BCUT2D eigenvalue weighted by Crippen LogP contribution is 2.63. The Morgan fingerprint density at radius 1 is 0.968 bits per heavy atom. The highest BCUT2D eigenvalue weighted by molar-refractivity contribution is 6.74. The number of carbonyl (C=O) groups excluding carboxylic acids is 1. The molecular weight excluding hydrogens is 442 g/mol. The number of rotatable bonds is 6. The van der Waals surface area contributed by atoms with E-state index >= 15 is 0 Å². The van der Waals surface area contributed by atoms with Gasteiger partial charge in [0.15, 0.2) is 16.6 Å². The molecular formula is C24H40ClNO3Si2. The largest absolute Gasteiger partial charge is 0.416 e. The van der Waals surface area contributed by atoms with Crippen molar-refractivity contribution in [3.63, 3.8) is 0 Å². The van der Waals surface area contributed by atoms with Gasteiger partial charge in [0.2, 0.25) is 0 Å². The second-order valence-electron chi connectivity index (χ2n) is 12.5. The van der Waals surface area contributed by atoms with Crippen molar-refractivity contribution in [2.24, 2.45) is 5.41 Å². The SMILES string of the molecule is CC(C)(C)[Si](C)(C)OCC1(CO[Si](C)(C)C(C)(C)C)[C@@H]2c3cc(Cl)ccc3C(=O)N[C@@H]21. The zero-order chi connectivity index (χ0) is 23.6. The Morgan fingerprint density at radius 2 is 1.45 bits per heavy atom. The Balaban J connectivity index is 1.95. The van der Waals surface area contributed by atoms with Crippen molar-refractivity contribution in [3.05, 3.63) is 34.3 Å². The first-order valence-electron chi connectivity index (χ1n) is 11.3. The molecule has 174 valence electrons. The van der Waals surface area contributed by atoms with Gasteiger partial charge in [0, 0.05) is 41.2 Å². The van der Waals surface area contributed by atoms with E-state index in [1.807, 2.05) is 12.1 Å². The minimum atomic E-state index is -1.95. The van der Waals surface area contributed by atoms with Crippen LogP contribution in [0, 0.1) is 5.41 Å². The van der Waals surface area contributed by atoms with Crippen molar-refractivity contribution in [2.45, 2.75) is 89.8 Å². The van der Waals surface area contributed by atoms with E-state index in [4.69, 9.17) is 20.5 Å². The third kappa shape index (κ3) is 4.43. The Morgan fingerprint density at radius 3 is 1.90 bits per heavy atom. The molecule has 1 saturated carbocycles. The van der Waals surface area contributed by atoms with Crippen LogP contribution in [0.1, 0.15) is 63.4 Å². The number of hydrogen-bond acceptors (Lipinski definition) is 3. The lowest BCUT2D eigenvalue weighted by atomic mass is 9.96. The van der Waals surface area contributed by atoms with Crippen molar-refractivity contribution in [1.82, 2.24) is 5.32 Å². The average Bonchev–Trinajstić information content (AvgIpc) is 3.24. The summed E-state index contributed by atoms with van der Waals surface area (Å²) in [7, 11) is -3.91. The number of halogens is 1. The molecule has 2 atom stereocenters. The van der Waals surface area contributed by atoms with E-state index in [0.717, 1.165) is 11.1 Å². The fraction of sp³-hybridized carbons (Fsp3) is 0.708. The Hall–Kier alpha value is -0.666. The first kappa shape index (κ1) is 25.0. The predicted molar refractivity (Wildman–Crippen MR) is 134 cm³/mol. The lowest BCUT2D eigenvalue weighted by Crippen LogP contribution is -2.46. The van der Waals surface area contributed by atoms with Gasteiger partial charge in [-0.15, -0.1) is 0 Å². The van der Waals surface area contributed by atoms with Crippen LogP contribution in [0.3, 0.4) is 0 Å². The molecule has 2 aliphatic rings. The van der Waals surface area contributed by atoms with Gasteiger partial charge < -0.3 is 14.2 Å². The second-order valence-corrected chi connectivity index (χ2v) is 22.5. The monoisotopic (exact) mass is 481 g/mol. The number of hydrogen-bond donors (Lipinski definition) is 1. The third-order valence-corrected chi connectivity index (χ3v) is 17.6. The molecule has 3 rings (SSSR count). The zero-order valence-corrected chi connectivity index (χ0v) is 23.7. The average molecular weight is 482 g/mol. The van der Waals surface area contributed by atoms with Crippen LogP contribution in [-0.4, -0.2) is 41.8 Å². The summed E-state index contributed by atoms with van der Waals surface area (Å²) in [6, 6.07) is 5.63. The molecule has 0 spiro atoms. The normalized spacial score (nSPS) is 23.1. The first-order valence-corrected chi connectivity index (χ1v) is 17.5. The molecule has 0 unspecified atom stereocenters. The van der Waals surface area contributed by atoms with Crippen LogP contribution in [0.2, 0.25) is 41.3 Å². The van der Waals surface area contributed by atoms with Crippen molar-refractivity contribution >= 4 is 34.1 Å². The number of fused-ring (bicyclic) bond motifs is 3. The second kappa shape index (κ2) is 7.69. The lowest BCUT2D eigenvalue weighted by Gasteiger charge is -2.40. The van der Waals surface area contributed by atoms with Gasteiger partial charge >= 0.3 is 0 Å². The highest BCUT2D eigenvalue weighted by Gasteiger charge is 2.69. The van der Waals surface area contributed by atoms with Gasteiger partial charge in [-0.05, 0) is 60.0 Å². The molecule has 4 nitrogen and oxygen atoms in total. The number of nitrogens with one attached hydrogen (secondary N) is 1. The molecule has 1 aromatic carbocycles. The van der Waals surface area contributed by atoms with E-state index in [1.165, 1.54) is 0 Å². The van der Waals surface area contributed by atoms with Crippen LogP contribution in [0.5, 0.6) is 0 Å². The fourth-order valence-electron chi connectivity index (χ4n) is 3.89. The summed E-state index contributed by atoms with van der Waals surface area (Å²) in [4.78, 5) is 12.8. The van der Waals surface area contributed by atoms with Crippen molar-refractivity contribution in [1.29, 1.82) is 0 Å². The Labute approximate surface area is 195 Å². The topological polar surface area (TPSA) is 47.6 Å². The minimum absolute atomic E-state index is 0.0190. The van der Waals surface area contributed by atoms with Gasteiger partial charge in [0.25, 0.3) is 5.91 Å². The number of benzene rings is 1. The van der Waals surface area contributed by atoms with Gasteiger partial charge in [-0.2, -0.15) is 0 Å². The maximum Gasteiger partial charge on any atom is 0.251 e. The molecule has 1 aromatic rings. The molecule has 1 amide bonds. The Bertz CT molecular complexity index is 841. The first-order chi connectivity index (χ1) is 13.9. The van der Waals surface area contributed by atoms with Gasteiger partial charge in [-0.3, -0.25) is 4.79 Å². The van der Waals surface area contributed by atoms with Crippen LogP contribution in [0.25, 0.3) is 0 Å². The van der Waals surface area contributed by atoms with Gasteiger partial charge in [-0.25, -0.2) is 0 Å². The van der Waals surface area contributed by atoms with Crippen molar-refractivity contribution in [2.75, 3.05) is 13.2 Å². The summed E-state index contributed by atoms with van der Waals surface area (Å²) < 4.78 is 13.5. The van der Waals surface area contributed by atoms with Crippen LogP contribution < -0.4 is 5.32 Å². The van der Waals surface area contributed by atoms with E-state index < -0.39 is 16.6 Å². The van der Waals surface area contributed by atoms with Crippen LogP contribution >= 0.6 is 11.6 Å². The number of amides is 1. The summed E-state index contributed by atoms with van der Waals surface area (Å²) in [5.74, 6) is 0.155. The van der Waals surface area contributed by atoms with Gasteiger partial charge in [0.05, 0.1) is 0 Å². The fourth-order valence-corrected chi connectivity index (χ4v) is 6.19. The molecule has 0 saturated heterocycles. The molecule has 31 heavy (non-hydrogen) atoms. The summed E-state index contributed by atoms with van der Waals surface area (Å²) in [6.45, 7) is 23.9. The lowest BCUT2D eigenvalue weighted by molar-refractivity contribution is 0.0925. The minimum Gasteiger partial charge on any atom is -0.416 e. The summed E-state index contributed by atoms with van der Waals surface area (Å²) in [5.41, 5.74) is 1.52. The molecule has 7 heteroatoms. The molecule has 1 aliphatic carbocycles. The molecule has 0 bridgehead atoms. The predicted octanol–water partition coefficient (Wildman–Crippen LogP) is 6.58. The Kier molecular flexibility index (Phi) is 6.19. The van der Waals surface area contributed by atoms with Crippen LogP contribution in [-0.2, 0) is 8.85 Å². The molecule has 1 N–H and O–H groups in total. The van der Waals surface area contributed by atoms with Gasteiger partial charge in [0.1, 0.15) is 0 Å². The van der Waals surface area contributed by atoms with Crippen molar-refractivity contribution in [3.8, 4) is 0 Å². The molecule has 0 aromatic heterocycles. The molecule has 0 radical (unpaired) electrons. The highest BCUT2D eigenvalue weighted by atomic mass is 35.5. The van der Waals surface area contributed by atoms with Crippen molar-refractivity contribution < 1.29 is 13.6 Å². The third-order valence-electron chi connectivity index (χ3n) is 8.36. The number of carbonyl (C=O) groups is 1. The van der Waals surface area contributed by atoms with E-state index in [9.17, 15) is 4.79 Å². The summed E-state index contributed by atoms with van der Waals surface area (Å²) >= 11 is 6.34. The zero-order valence-electron chi connectivity index (χ0n) is 20.9. The quantitative estimate of drug-likeness (QED) is 0.466. The van der Waals surface area contributed by atoms with Crippen LogP contribution in [0.4, 0.5) is 0 Å². The van der Waals surface area contributed by atoms with E-state index in [2.05, 4.69) is 73.0 Å². The maximum atomic E-state index is 12.8. The molecule has 1 fully saturated rings. The summed E-state index contributed by atoms with van der Waals surface area (Å²) in [5, 5.41) is 4.18.